The van der Waals surface area contributed by atoms with Gasteiger partial charge in [-0.1, -0.05) is 48.5 Å². The molecule has 0 radical (unpaired) electrons. The van der Waals surface area contributed by atoms with Crippen LogP contribution >= 0.6 is 0 Å². The zero-order valence-electron chi connectivity index (χ0n) is 16.1. The molecule has 1 fully saturated rings. The Morgan fingerprint density at radius 3 is 2.36 bits per heavy atom. The molecule has 2 aromatic carbocycles. The molecule has 0 aliphatic carbocycles. The number of para-hydroxylation sites is 1. The summed E-state index contributed by atoms with van der Waals surface area (Å²) in [5.41, 5.74) is 3.12. The van der Waals surface area contributed by atoms with Gasteiger partial charge in [0.05, 0.1) is 24.0 Å². The third-order valence-corrected chi connectivity index (χ3v) is 5.20. The van der Waals surface area contributed by atoms with Crippen molar-refractivity contribution in [3.8, 4) is 22.7 Å². The van der Waals surface area contributed by atoms with Crippen LogP contribution in [0.2, 0.25) is 0 Å². The Kier molecular flexibility index (Phi) is 6.04. The van der Waals surface area contributed by atoms with Gasteiger partial charge in [0.15, 0.2) is 0 Å². The second-order valence-electron chi connectivity index (χ2n) is 7.27. The van der Waals surface area contributed by atoms with Crippen molar-refractivity contribution >= 4 is 0 Å². The van der Waals surface area contributed by atoms with E-state index < -0.39 is 0 Å². The molecule has 146 valence electrons. The van der Waals surface area contributed by atoms with Crippen LogP contribution in [0.5, 0.6) is 5.88 Å². The summed E-state index contributed by atoms with van der Waals surface area (Å²) in [4.78, 5) is 2.40. The van der Waals surface area contributed by atoms with Gasteiger partial charge in [-0.15, -0.1) is 5.10 Å². The van der Waals surface area contributed by atoms with Gasteiger partial charge in [0.25, 0.3) is 0 Å². The van der Waals surface area contributed by atoms with Crippen LogP contribution in [-0.2, 0) is 0 Å². The van der Waals surface area contributed by atoms with Gasteiger partial charge in [-0.25, -0.2) is 4.68 Å². The molecule has 0 bridgehead atoms. The van der Waals surface area contributed by atoms with Crippen LogP contribution in [0.25, 0.3) is 16.8 Å². The normalized spacial score (nSPS) is 15.6. The Labute approximate surface area is 166 Å². The molecule has 0 saturated carbocycles. The highest BCUT2D eigenvalue weighted by Crippen LogP contribution is 2.30. The van der Waals surface area contributed by atoms with Crippen LogP contribution in [0.3, 0.4) is 0 Å². The number of ether oxygens (including phenoxy) is 1. The van der Waals surface area contributed by atoms with Gasteiger partial charge in [-0.2, -0.15) is 0 Å². The number of piperidine rings is 1. The molecule has 1 aromatic heterocycles. The summed E-state index contributed by atoms with van der Waals surface area (Å²) in [7, 11) is 0. The average molecular weight is 377 g/mol. The summed E-state index contributed by atoms with van der Waals surface area (Å²) >= 11 is 0. The Morgan fingerprint density at radius 1 is 0.964 bits per heavy atom. The largest absolute Gasteiger partial charge is 0.476 e. The fourth-order valence-electron chi connectivity index (χ4n) is 3.59. The summed E-state index contributed by atoms with van der Waals surface area (Å²) in [5, 5.41) is 14.3. The zero-order valence-corrected chi connectivity index (χ0v) is 16.1. The van der Waals surface area contributed by atoms with E-state index in [4.69, 9.17) is 9.84 Å². The molecule has 1 aliphatic rings. The highest BCUT2D eigenvalue weighted by Gasteiger charge is 2.17. The highest BCUT2D eigenvalue weighted by molar-refractivity contribution is 5.68. The quantitative estimate of drug-likeness (QED) is 0.637. The third-order valence-electron chi connectivity index (χ3n) is 5.20. The topological polar surface area (TPSA) is 50.5 Å². The molecule has 0 spiro atoms. The van der Waals surface area contributed by atoms with E-state index in [0.29, 0.717) is 12.5 Å². The first kappa shape index (κ1) is 18.7. The summed E-state index contributed by atoms with van der Waals surface area (Å²) < 4.78 is 7.98. The number of aliphatic hydroxyl groups is 1. The van der Waals surface area contributed by atoms with Crippen molar-refractivity contribution in [3.63, 3.8) is 0 Å². The molecule has 28 heavy (non-hydrogen) atoms. The monoisotopic (exact) mass is 377 g/mol. The maximum atomic E-state index is 9.62. The third kappa shape index (κ3) is 4.61. The van der Waals surface area contributed by atoms with Crippen molar-refractivity contribution < 1.29 is 9.84 Å². The smallest absolute Gasteiger partial charge is 0.241 e. The van der Waals surface area contributed by atoms with Crippen molar-refractivity contribution in [3.05, 3.63) is 66.9 Å². The van der Waals surface area contributed by atoms with E-state index in [9.17, 15) is 5.11 Å². The van der Waals surface area contributed by atoms with Crippen LogP contribution in [0.1, 0.15) is 19.3 Å². The second-order valence-corrected chi connectivity index (χ2v) is 7.27. The number of hydrogen-bond donors (Lipinski definition) is 1. The fourth-order valence-corrected chi connectivity index (χ4v) is 3.59. The average Bonchev–Trinajstić information content (AvgIpc) is 3.18. The first-order chi connectivity index (χ1) is 13.8. The lowest BCUT2D eigenvalue weighted by Gasteiger charge is -2.29. The summed E-state index contributed by atoms with van der Waals surface area (Å²) in [5.74, 6) is 0.670. The first-order valence-corrected chi connectivity index (χ1v) is 10.0. The van der Waals surface area contributed by atoms with Crippen molar-refractivity contribution in [2.45, 2.75) is 25.4 Å². The molecule has 5 nitrogen and oxygen atoms in total. The van der Waals surface area contributed by atoms with E-state index >= 15 is 0 Å². The number of hydrogen-bond acceptors (Lipinski definition) is 4. The van der Waals surface area contributed by atoms with Crippen LogP contribution in [0.4, 0.5) is 0 Å². The first-order valence-electron chi connectivity index (χ1n) is 10.0. The Balaban J connectivity index is 1.44. The molecule has 2 heterocycles. The lowest BCUT2D eigenvalue weighted by molar-refractivity contribution is 0.0799. The van der Waals surface area contributed by atoms with Gasteiger partial charge < -0.3 is 14.7 Å². The standard InChI is InChI=1S/C23H27N3O2/c27-21-12-15-25(16-13-21)14-7-17-28-23-22(19-8-3-1-4-9-19)18-26(24-23)20-10-5-2-6-11-20/h1-6,8-11,18,21,27H,7,12-17H2. The van der Waals surface area contributed by atoms with Crippen molar-refractivity contribution in [1.82, 2.24) is 14.7 Å². The molecular weight excluding hydrogens is 350 g/mol. The Morgan fingerprint density at radius 2 is 1.64 bits per heavy atom. The van der Waals surface area contributed by atoms with Crippen LogP contribution in [0, 0.1) is 0 Å². The predicted octanol–water partition coefficient (Wildman–Crippen LogP) is 3.76. The molecule has 0 atom stereocenters. The molecular formula is C23H27N3O2. The number of rotatable bonds is 7. The van der Waals surface area contributed by atoms with Gasteiger partial charge in [-0.05, 0) is 37.0 Å². The molecule has 3 aromatic rings. The van der Waals surface area contributed by atoms with E-state index in [1.165, 1.54) is 0 Å². The number of aliphatic hydroxyl groups excluding tert-OH is 1. The molecule has 1 N–H and O–H groups in total. The lowest BCUT2D eigenvalue weighted by Crippen LogP contribution is -2.36. The van der Waals surface area contributed by atoms with Crippen LogP contribution in [-0.4, -0.2) is 52.1 Å². The number of aromatic nitrogens is 2. The van der Waals surface area contributed by atoms with E-state index in [-0.39, 0.29) is 6.10 Å². The highest BCUT2D eigenvalue weighted by atomic mass is 16.5. The van der Waals surface area contributed by atoms with Crippen LogP contribution in [0.15, 0.2) is 66.9 Å². The summed E-state index contributed by atoms with van der Waals surface area (Å²) in [6.45, 7) is 3.57. The van der Waals surface area contributed by atoms with E-state index in [2.05, 4.69) is 17.0 Å². The Hall–Kier alpha value is -2.63. The molecule has 1 saturated heterocycles. The van der Waals surface area contributed by atoms with Crippen molar-refractivity contribution in [2.75, 3.05) is 26.2 Å². The minimum absolute atomic E-state index is 0.122. The van der Waals surface area contributed by atoms with Crippen LogP contribution < -0.4 is 4.74 Å². The maximum Gasteiger partial charge on any atom is 0.241 e. The van der Waals surface area contributed by atoms with Gasteiger partial charge >= 0.3 is 0 Å². The van der Waals surface area contributed by atoms with E-state index in [1.54, 1.807) is 0 Å². The SMILES string of the molecule is OC1CCN(CCCOc2nn(-c3ccccc3)cc2-c2ccccc2)CC1. The minimum Gasteiger partial charge on any atom is -0.476 e. The Bertz CT molecular complexity index is 856. The van der Waals surface area contributed by atoms with E-state index in [1.807, 2.05) is 59.4 Å². The minimum atomic E-state index is -0.122. The van der Waals surface area contributed by atoms with Crippen molar-refractivity contribution in [1.29, 1.82) is 0 Å². The number of likely N-dealkylation sites (tertiary alicyclic amines) is 1. The van der Waals surface area contributed by atoms with E-state index in [0.717, 1.165) is 55.7 Å². The summed E-state index contributed by atoms with van der Waals surface area (Å²) in [6, 6.07) is 20.3. The number of nitrogens with zero attached hydrogens (tertiary/aromatic N) is 3. The van der Waals surface area contributed by atoms with Gasteiger partial charge in [-0.3, -0.25) is 0 Å². The predicted molar refractivity (Wildman–Crippen MR) is 111 cm³/mol. The van der Waals surface area contributed by atoms with Crippen molar-refractivity contribution in [2.24, 2.45) is 0 Å². The molecule has 0 amide bonds. The maximum absolute atomic E-state index is 9.62. The molecule has 5 heteroatoms. The second kappa shape index (κ2) is 9.04. The van der Waals surface area contributed by atoms with Gasteiger partial charge in [0, 0.05) is 25.8 Å². The molecule has 1 aliphatic heterocycles. The fraction of sp³-hybridized carbons (Fsp3) is 0.348. The number of benzene rings is 2. The van der Waals surface area contributed by atoms with Gasteiger partial charge in [0.2, 0.25) is 5.88 Å². The molecule has 4 rings (SSSR count). The van der Waals surface area contributed by atoms with Gasteiger partial charge in [0.1, 0.15) is 0 Å². The molecule has 0 unspecified atom stereocenters. The lowest BCUT2D eigenvalue weighted by atomic mass is 10.1. The zero-order chi connectivity index (χ0) is 19.2. The summed E-state index contributed by atoms with van der Waals surface area (Å²) in [6.07, 6.45) is 4.61.